The van der Waals surface area contributed by atoms with Crippen LogP contribution in [0.1, 0.15) is 54.2 Å². The first-order chi connectivity index (χ1) is 17.4. The van der Waals surface area contributed by atoms with Crippen molar-refractivity contribution in [3.8, 4) is 11.1 Å². The van der Waals surface area contributed by atoms with Crippen LogP contribution < -0.4 is 5.32 Å². The number of nitrogens with zero attached hydrogens (tertiary/aromatic N) is 4. The molecule has 0 unspecified atom stereocenters. The molecule has 36 heavy (non-hydrogen) atoms. The lowest BCUT2D eigenvalue weighted by Crippen LogP contribution is -2.29. The number of nitrogens with one attached hydrogen (secondary N) is 1. The van der Waals surface area contributed by atoms with Crippen LogP contribution in [0.2, 0.25) is 0 Å². The Balaban J connectivity index is 1.35. The molecule has 0 saturated carbocycles. The van der Waals surface area contributed by atoms with Crippen molar-refractivity contribution >= 4 is 22.4 Å². The molecule has 3 aromatic heterocycles. The molecule has 0 aliphatic carbocycles. The molecule has 0 amide bonds. The van der Waals surface area contributed by atoms with E-state index in [4.69, 9.17) is 0 Å². The van der Waals surface area contributed by atoms with Crippen LogP contribution in [-0.2, 0) is 6.42 Å². The predicted octanol–water partition coefficient (Wildman–Crippen LogP) is 5.75. The van der Waals surface area contributed by atoms with Gasteiger partial charge in [0.15, 0.2) is 5.78 Å². The van der Waals surface area contributed by atoms with Crippen molar-refractivity contribution in [2.45, 2.75) is 45.1 Å². The second-order valence-corrected chi connectivity index (χ2v) is 10.2. The highest BCUT2D eigenvalue weighted by atomic mass is 16.1. The van der Waals surface area contributed by atoms with Gasteiger partial charge in [-0.05, 0) is 82.6 Å². The lowest BCUT2D eigenvalue weighted by Gasteiger charge is -2.29. The molecule has 6 nitrogen and oxygen atoms in total. The minimum Gasteiger partial charge on any atom is -0.382 e. The molecule has 6 heteroatoms. The third-order valence-corrected chi connectivity index (χ3v) is 6.89. The fraction of sp³-hybridized carbons (Fsp3) is 0.333. The van der Waals surface area contributed by atoms with E-state index in [0.29, 0.717) is 12.0 Å². The average molecular weight is 480 g/mol. The zero-order valence-electron chi connectivity index (χ0n) is 21.2. The van der Waals surface area contributed by atoms with Crippen LogP contribution in [0.3, 0.4) is 0 Å². The van der Waals surface area contributed by atoms with E-state index in [1.165, 1.54) is 5.56 Å². The van der Waals surface area contributed by atoms with Gasteiger partial charge in [0.1, 0.15) is 0 Å². The first kappa shape index (κ1) is 24.1. The van der Waals surface area contributed by atoms with Crippen LogP contribution in [0.4, 0.5) is 5.69 Å². The Labute approximate surface area is 212 Å². The van der Waals surface area contributed by atoms with Crippen LogP contribution in [0.5, 0.6) is 0 Å². The van der Waals surface area contributed by atoms with E-state index in [9.17, 15) is 4.79 Å². The molecule has 1 fully saturated rings. The summed E-state index contributed by atoms with van der Waals surface area (Å²) in [6.07, 6.45) is 9.82. The molecule has 0 atom stereocenters. The maximum Gasteiger partial charge on any atom is 0.168 e. The van der Waals surface area contributed by atoms with Gasteiger partial charge in [0.2, 0.25) is 0 Å². The Morgan fingerprint density at radius 3 is 2.61 bits per heavy atom. The van der Waals surface area contributed by atoms with Gasteiger partial charge in [0.25, 0.3) is 0 Å². The lowest BCUT2D eigenvalue weighted by molar-refractivity contribution is 0.0992. The number of benzene rings is 1. The van der Waals surface area contributed by atoms with E-state index >= 15 is 0 Å². The topological polar surface area (TPSA) is 71.0 Å². The zero-order valence-corrected chi connectivity index (χ0v) is 21.2. The monoisotopic (exact) mass is 479 g/mol. The summed E-state index contributed by atoms with van der Waals surface area (Å²) < 4.78 is 0. The van der Waals surface area contributed by atoms with Crippen LogP contribution in [0.15, 0.2) is 67.3 Å². The van der Waals surface area contributed by atoms with E-state index in [1.54, 1.807) is 6.20 Å². The number of hydrogen-bond acceptors (Lipinski definition) is 6. The minimum absolute atomic E-state index is 0.0948. The third kappa shape index (κ3) is 5.60. The van der Waals surface area contributed by atoms with Crippen molar-refractivity contribution in [3.05, 3.63) is 84.1 Å². The molecule has 1 aromatic carbocycles. The van der Waals surface area contributed by atoms with Crippen LogP contribution >= 0.6 is 0 Å². The fourth-order valence-corrected chi connectivity index (χ4v) is 4.92. The first-order valence-corrected chi connectivity index (χ1v) is 12.7. The van der Waals surface area contributed by atoms with Gasteiger partial charge in [-0.2, -0.15) is 0 Å². The number of pyridine rings is 3. The minimum atomic E-state index is 0.0948. The van der Waals surface area contributed by atoms with Gasteiger partial charge in [-0.15, -0.1) is 0 Å². The van der Waals surface area contributed by atoms with Crippen molar-refractivity contribution in [2.24, 2.45) is 0 Å². The quantitative estimate of drug-likeness (QED) is 0.341. The average Bonchev–Trinajstić information content (AvgIpc) is 2.88. The van der Waals surface area contributed by atoms with E-state index < -0.39 is 0 Å². The molecule has 5 rings (SSSR count). The molecule has 1 aliphatic rings. The molecule has 0 bridgehead atoms. The number of carbonyl (C=O) groups excluding carboxylic acids is 1. The highest BCUT2D eigenvalue weighted by Gasteiger charge is 2.19. The number of ketones is 1. The Morgan fingerprint density at radius 2 is 1.81 bits per heavy atom. The molecule has 184 valence electrons. The maximum absolute atomic E-state index is 13.2. The van der Waals surface area contributed by atoms with Gasteiger partial charge in [0.05, 0.1) is 23.8 Å². The smallest absolute Gasteiger partial charge is 0.168 e. The van der Waals surface area contributed by atoms with Crippen LogP contribution in [0, 0.1) is 0 Å². The maximum atomic E-state index is 13.2. The van der Waals surface area contributed by atoms with Crippen molar-refractivity contribution in [2.75, 3.05) is 25.5 Å². The Bertz CT molecular complexity index is 1370. The van der Waals surface area contributed by atoms with Gasteiger partial charge < -0.3 is 10.2 Å². The summed E-state index contributed by atoms with van der Waals surface area (Å²) in [6.45, 7) is 6.42. The number of fused-ring (bicyclic) bond motifs is 1. The van der Waals surface area contributed by atoms with E-state index in [2.05, 4.69) is 70.3 Å². The summed E-state index contributed by atoms with van der Waals surface area (Å²) in [5.41, 5.74) is 6.56. The number of anilines is 1. The standard InChI is InChI=1S/C30H33N5O/c1-20(2)34-28-14-26(16-31-18-28)25-12-24-13-27(32-19-29(24)33-17-25)15-30(36)23-6-4-5-22(11-23)21-7-9-35(3)10-8-21/h4-6,11-14,16-21,34H,7-10,15H2,1-3H3. The number of hydrogen-bond donors (Lipinski definition) is 1. The summed E-state index contributed by atoms with van der Waals surface area (Å²) in [5, 5.41) is 4.36. The largest absolute Gasteiger partial charge is 0.382 e. The highest BCUT2D eigenvalue weighted by Crippen LogP contribution is 2.29. The molecule has 1 aliphatic heterocycles. The zero-order chi connectivity index (χ0) is 25.1. The summed E-state index contributed by atoms with van der Waals surface area (Å²) in [7, 11) is 2.17. The molecule has 4 heterocycles. The number of likely N-dealkylation sites (tertiary alicyclic amines) is 1. The molecule has 1 saturated heterocycles. The molecule has 0 spiro atoms. The van der Waals surface area contributed by atoms with Gasteiger partial charge in [-0.1, -0.05) is 18.2 Å². The summed E-state index contributed by atoms with van der Waals surface area (Å²) in [5.74, 6) is 0.623. The van der Waals surface area contributed by atoms with Gasteiger partial charge in [-0.3, -0.25) is 19.7 Å². The van der Waals surface area contributed by atoms with Gasteiger partial charge in [-0.25, -0.2) is 0 Å². The van der Waals surface area contributed by atoms with Crippen molar-refractivity contribution < 1.29 is 4.79 Å². The normalized spacial score (nSPS) is 14.9. The number of Topliss-reactive ketones (excluding diaryl/α,β-unsaturated/α-hetero) is 1. The molecular formula is C30H33N5O. The van der Waals surface area contributed by atoms with E-state index in [1.807, 2.05) is 36.8 Å². The second-order valence-electron chi connectivity index (χ2n) is 10.2. The summed E-state index contributed by atoms with van der Waals surface area (Å²) >= 11 is 0. The van der Waals surface area contributed by atoms with E-state index in [-0.39, 0.29) is 12.2 Å². The predicted molar refractivity (Wildman–Crippen MR) is 145 cm³/mol. The van der Waals surface area contributed by atoms with Crippen LogP contribution in [0.25, 0.3) is 22.0 Å². The highest BCUT2D eigenvalue weighted by molar-refractivity contribution is 5.98. The summed E-state index contributed by atoms with van der Waals surface area (Å²) in [6, 6.07) is 14.7. The fourth-order valence-electron chi connectivity index (χ4n) is 4.92. The molecule has 4 aromatic rings. The lowest BCUT2D eigenvalue weighted by atomic mass is 9.88. The molecular weight excluding hydrogens is 446 g/mol. The molecule has 0 radical (unpaired) electrons. The van der Waals surface area contributed by atoms with Crippen molar-refractivity contribution in [1.82, 2.24) is 19.9 Å². The number of aromatic nitrogens is 3. The van der Waals surface area contributed by atoms with Gasteiger partial charge >= 0.3 is 0 Å². The number of rotatable bonds is 7. The Kier molecular flexibility index (Phi) is 7.05. The SMILES string of the molecule is CC(C)Nc1cncc(-c2cnc3cnc(CC(=O)c4cccc(C5CCN(C)CC5)c4)cc3c2)c1. The second kappa shape index (κ2) is 10.5. The van der Waals surface area contributed by atoms with Gasteiger partial charge in [0, 0.05) is 52.4 Å². The van der Waals surface area contributed by atoms with Crippen molar-refractivity contribution in [3.63, 3.8) is 0 Å². The van der Waals surface area contributed by atoms with Crippen molar-refractivity contribution in [1.29, 1.82) is 0 Å². The Hall–Kier alpha value is -3.64. The number of piperidine rings is 1. The Morgan fingerprint density at radius 1 is 1.00 bits per heavy atom. The first-order valence-electron chi connectivity index (χ1n) is 12.7. The number of carbonyl (C=O) groups is 1. The molecule has 1 N–H and O–H groups in total. The van der Waals surface area contributed by atoms with E-state index in [0.717, 1.165) is 64.9 Å². The summed E-state index contributed by atoms with van der Waals surface area (Å²) in [4.78, 5) is 29.0. The third-order valence-electron chi connectivity index (χ3n) is 6.89. The van der Waals surface area contributed by atoms with Crippen LogP contribution in [-0.4, -0.2) is 51.8 Å².